The molecule has 0 amide bonds. The molecule has 2 aromatic rings. The number of rotatable bonds is 3. The van der Waals surface area contributed by atoms with E-state index in [0.29, 0.717) is 30.2 Å². The number of nitrogens with two attached hydrogens (primary N) is 1. The summed E-state index contributed by atoms with van der Waals surface area (Å²) in [6, 6.07) is 0.0598. The van der Waals surface area contributed by atoms with Crippen LogP contribution >= 0.6 is 0 Å². The Hall–Kier alpha value is -2.97. The van der Waals surface area contributed by atoms with Gasteiger partial charge in [0.2, 0.25) is 5.95 Å². The van der Waals surface area contributed by atoms with E-state index < -0.39 is 11.2 Å². The number of nitrogens with zero attached hydrogens (tertiary/aromatic N) is 5. The molecular weight excluding hydrogens is 344 g/mol. The lowest BCUT2D eigenvalue weighted by Crippen LogP contribution is -2.44. The molecule has 2 aromatic heterocycles. The van der Waals surface area contributed by atoms with Gasteiger partial charge in [-0.1, -0.05) is 11.8 Å². The molecule has 1 saturated heterocycles. The van der Waals surface area contributed by atoms with Crippen molar-refractivity contribution in [1.82, 2.24) is 18.7 Å². The van der Waals surface area contributed by atoms with Gasteiger partial charge >= 0.3 is 5.69 Å². The van der Waals surface area contributed by atoms with Gasteiger partial charge in [-0.2, -0.15) is 4.98 Å². The number of imidazole rings is 1. The van der Waals surface area contributed by atoms with Crippen molar-refractivity contribution in [3.05, 3.63) is 20.8 Å². The molecule has 3 rings (SSSR count). The minimum absolute atomic E-state index is 0.0481. The van der Waals surface area contributed by atoms with Crippen LogP contribution in [-0.4, -0.2) is 37.8 Å². The summed E-state index contributed by atoms with van der Waals surface area (Å²) < 4.78 is 4.33. The molecule has 0 bridgehead atoms. The molecule has 0 aliphatic carbocycles. The molecule has 27 heavy (non-hydrogen) atoms. The van der Waals surface area contributed by atoms with Gasteiger partial charge in [0.15, 0.2) is 11.2 Å². The number of aryl methyl sites for hydroxylation is 1. The van der Waals surface area contributed by atoms with E-state index in [1.165, 1.54) is 4.57 Å². The first-order chi connectivity index (χ1) is 13.0. The van der Waals surface area contributed by atoms with Crippen molar-refractivity contribution in [2.75, 3.05) is 18.0 Å². The largest absolute Gasteiger partial charge is 0.341 e. The molecule has 1 fully saturated rings. The summed E-state index contributed by atoms with van der Waals surface area (Å²) in [5, 5.41) is 0. The molecule has 0 aromatic carbocycles. The maximum absolute atomic E-state index is 13.1. The number of fused-ring (bicyclic) bond motifs is 1. The molecule has 1 aliphatic rings. The summed E-state index contributed by atoms with van der Waals surface area (Å²) in [7, 11) is 1.62. The topological polar surface area (TPSA) is 91.1 Å². The highest BCUT2D eigenvalue weighted by Crippen LogP contribution is 2.22. The van der Waals surface area contributed by atoms with Crippen molar-refractivity contribution in [3.8, 4) is 23.7 Å². The van der Waals surface area contributed by atoms with E-state index in [2.05, 4.69) is 33.6 Å². The Morgan fingerprint density at radius 3 is 2.44 bits per heavy atom. The molecule has 3 heterocycles. The fraction of sp³-hybridized carbons (Fsp3) is 0.526. The molecule has 8 heteroatoms. The summed E-state index contributed by atoms with van der Waals surface area (Å²) in [4.78, 5) is 32.4. The Labute approximate surface area is 157 Å². The first-order valence-corrected chi connectivity index (χ1v) is 8.99. The average molecular weight is 368 g/mol. The lowest BCUT2D eigenvalue weighted by molar-refractivity contribution is 0.496. The molecule has 1 aliphatic heterocycles. The molecule has 2 N–H and O–H groups in total. The maximum Gasteiger partial charge on any atom is 0.333 e. The fourth-order valence-corrected chi connectivity index (χ4v) is 3.40. The zero-order valence-corrected chi connectivity index (χ0v) is 15.9. The van der Waals surface area contributed by atoms with Crippen LogP contribution in [0, 0.1) is 23.7 Å². The molecule has 142 valence electrons. The minimum atomic E-state index is -0.427. The molecule has 1 atom stereocenters. The van der Waals surface area contributed by atoms with Crippen molar-refractivity contribution >= 4 is 17.1 Å². The monoisotopic (exact) mass is 368 g/mol. The van der Waals surface area contributed by atoms with Crippen LogP contribution in [0.15, 0.2) is 9.59 Å². The molecule has 0 spiro atoms. The van der Waals surface area contributed by atoms with E-state index in [1.807, 2.05) is 0 Å². The van der Waals surface area contributed by atoms with E-state index in [1.54, 1.807) is 25.5 Å². The summed E-state index contributed by atoms with van der Waals surface area (Å²) in [5.74, 6) is 12.0. The summed E-state index contributed by atoms with van der Waals surface area (Å²) in [6.45, 7) is 5.26. The van der Waals surface area contributed by atoms with Crippen LogP contribution in [0.1, 0.15) is 26.7 Å². The zero-order valence-electron chi connectivity index (χ0n) is 15.9. The van der Waals surface area contributed by atoms with E-state index in [0.717, 1.165) is 24.0 Å². The zero-order chi connectivity index (χ0) is 19.6. The van der Waals surface area contributed by atoms with Crippen molar-refractivity contribution in [2.24, 2.45) is 12.8 Å². The van der Waals surface area contributed by atoms with Crippen molar-refractivity contribution in [2.45, 2.75) is 45.8 Å². The van der Waals surface area contributed by atoms with E-state index in [4.69, 9.17) is 5.73 Å². The van der Waals surface area contributed by atoms with Crippen molar-refractivity contribution in [3.63, 3.8) is 0 Å². The highest BCUT2D eigenvalue weighted by Gasteiger charge is 2.25. The van der Waals surface area contributed by atoms with Crippen molar-refractivity contribution in [1.29, 1.82) is 0 Å². The van der Waals surface area contributed by atoms with E-state index >= 15 is 0 Å². The third-order valence-electron chi connectivity index (χ3n) is 4.78. The average Bonchev–Trinajstić information content (AvgIpc) is 3.04. The van der Waals surface area contributed by atoms with Crippen LogP contribution < -0.4 is 21.9 Å². The van der Waals surface area contributed by atoms with Gasteiger partial charge in [0, 0.05) is 26.2 Å². The lowest BCUT2D eigenvalue weighted by atomic mass is 10.1. The Morgan fingerprint density at radius 2 is 1.81 bits per heavy atom. The standard InChI is InChI=1S/C19H24N6O2/c1-4-6-11-24-15-16(21-18(24)23-10-8-9-14(20)13-23)22(3)19(27)25(17(15)26)12-7-5-2/h14H,8-13,20H2,1-3H3/t14-/m1/s1. The first-order valence-electron chi connectivity index (χ1n) is 8.99. The van der Waals surface area contributed by atoms with Crippen LogP contribution in [-0.2, 0) is 20.1 Å². The molecule has 8 nitrogen and oxygen atoms in total. The number of anilines is 1. The van der Waals surface area contributed by atoms with Gasteiger partial charge in [-0.3, -0.25) is 13.9 Å². The predicted molar refractivity (Wildman–Crippen MR) is 106 cm³/mol. The predicted octanol–water partition coefficient (Wildman–Crippen LogP) is -0.129. The van der Waals surface area contributed by atoms with Gasteiger partial charge in [-0.25, -0.2) is 9.36 Å². The highest BCUT2D eigenvalue weighted by molar-refractivity contribution is 5.75. The third-order valence-corrected chi connectivity index (χ3v) is 4.78. The normalized spacial score (nSPS) is 16.6. The number of piperidine rings is 1. The van der Waals surface area contributed by atoms with Gasteiger partial charge in [-0.05, 0) is 26.7 Å². The molecular formula is C19H24N6O2. The van der Waals surface area contributed by atoms with Crippen LogP contribution in [0.4, 0.5) is 5.95 Å². The quantitative estimate of drug-likeness (QED) is 0.762. The first kappa shape index (κ1) is 18.8. The Bertz CT molecular complexity index is 1100. The van der Waals surface area contributed by atoms with Crippen LogP contribution in [0.5, 0.6) is 0 Å². The van der Waals surface area contributed by atoms with Gasteiger partial charge in [0.05, 0.1) is 13.1 Å². The summed E-state index contributed by atoms with van der Waals surface area (Å²) in [5.41, 5.74) is 6.03. The van der Waals surface area contributed by atoms with Gasteiger partial charge in [0.25, 0.3) is 5.56 Å². The second-order valence-corrected chi connectivity index (χ2v) is 6.60. The second kappa shape index (κ2) is 7.73. The maximum atomic E-state index is 13.1. The third kappa shape index (κ3) is 3.36. The highest BCUT2D eigenvalue weighted by atomic mass is 16.2. The Balaban J connectivity index is 2.30. The SMILES string of the molecule is CC#CCn1c(=O)c2c(nc(N3CCC[C@@H](N)C3)n2CC#CC)n(C)c1=O. The van der Waals surface area contributed by atoms with Crippen LogP contribution in [0.2, 0.25) is 0 Å². The summed E-state index contributed by atoms with van der Waals surface area (Å²) in [6.07, 6.45) is 1.92. The lowest BCUT2D eigenvalue weighted by Gasteiger charge is -2.31. The second-order valence-electron chi connectivity index (χ2n) is 6.60. The van der Waals surface area contributed by atoms with Crippen LogP contribution in [0.25, 0.3) is 11.2 Å². The smallest absolute Gasteiger partial charge is 0.333 e. The minimum Gasteiger partial charge on any atom is -0.341 e. The number of hydrogen-bond donors (Lipinski definition) is 1. The summed E-state index contributed by atoms with van der Waals surface area (Å²) >= 11 is 0. The molecule has 0 unspecified atom stereocenters. The molecule has 0 radical (unpaired) electrons. The van der Waals surface area contributed by atoms with Crippen LogP contribution in [0.3, 0.4) is 0 Å². The van der Waals surface area contributed by atoms with E-state index in [9.17, 15) is 9.59 Å². The molecule has 0 saturated carbocycles. The van der Waals surface area contributed by atoms with Crippen molar-refractivity contribution < 1.29 is 0 Å². The fourth-order valence-electron chi connectivity index (χ4n) is 3.40. The van der Waals surface area contributed by atoms with Gasteiger partial charge in [0.1, 0.15) is 0 Å². The Morgan fingerprint density at radius 1 is 1.15 bits per heavy atom. The number of hydrogen-bond acceptors (Lipinski definition) is 5. The number of aromatic nitrogens is 4. The van der Waals surface area contributed by atoms with Gasteiger partial charge < -0.3 is 10.6 Å². The van der Waals surface area contributed by atoms with Gasteiger partial charge in [-0.15, -0.1) is 11.8 Å². The van der Waals surface area contributed by atoms with E-state index in [-0.39, 0.29) is 12.6 Å². The Kier molecular flexibility index (Phi) is 5.38.